The molecule has 2 N–H and O–H groups in total. The predicted octanol–water partition coefficient (Wildman–Crippen LogP) is 6.09. The van der Waals surface area contributed by atoms with Crippen molar-refractivity contribution in [3.63, 3.8) is 0 Å². The lowest BCUT2D eigenvalue weighted by molar-refractivity contribution is -0.117. The average Bonchev–Trinajstić information content (AvgIpc) is 3.45. The van der Waals surface area contributed by atoms with Crippen molar-refractivity contribution in [3.8, 4) is 6.07 Å². The minimum atomic E-state index is -0.373. The van der Waals surface area contributed by atoms with Gasteiger partial charge in [-0.25, -0.2) is 0 Å². The van der Waals surface area contributed by atoms with Gasteiger partial charge < -0.3 is 14.9 Å². The maximum Gasteiger partial charge on any atom is 0.261 e. The van der Waals surface area contributed by atoms with Crippen molar-refractivity contribution in [2.75, 3.05) is 6.54 Å². The SMILES string of the molecule is N#C/C(=C/c1cn(Cc2ccc(Cl)cc2)c2ccccc12)C(=O)NCCc1c[nH]c2ccccc12. The van der Waals surface area contributed by atoms with Gasteiger partial charge in [0, 0.05) is 57.9 Å². The van der Waals surface area contributed by atoms with Gasteiger partial charge in [-0.2, -0.15) is 5.26 Å². The third kappa shape index (κ3) is 4.84. The zero-order valence-corrected chi connectivity index (χ0v) is 19.7. The van der Waals surface area contributed by atoms with E-state index in [0.717, 1.165) is 38.5 Å². The largest absolute Gasteiger partial charge is 0.361 e. The van der Waals surface area contributed by atoms with E-state index in [0.29, 0.717) is 24.5 Å². The highest BCUT2D eigenvalue weighted by molar-refractivity contribution is 6.30. The van der Waals surface area contributed by atoms with Gasteiger partial charge in [-0.3, -0.25) is 4.79 Å². The molecule has 2 heterocycles. The highest BCUT2D eigenvalue weighted by Gasteiger charge is 2.13. The Balaban J connectivity index is 1.34. The Bertz CT molecular complexity index is 1580. The summed E-state index contributed by atoms with van der Waals surface area (Å²) in [7, 11) is 0. The van der Waals surface area contributed by atoms with Crippen LogP contribution in [0.15, 0.2) is 90.8 Å². The average molecular weight is 479 g/mol. The number of nitriles is 1. The van der Waals surface area contributed by atoms with E-state index in [1.807, 2.05) is 79.1 Å². The molecule has 0 aliphatic heterocycles. The smallest absolute Gasteiger partial charge is 0.261 e. The van der Waals surface area contributed by atoms with E-state index in [4.69, 9.17) is 11.6 Å². The summed E-state index contributed by atoms with van der Waals surface area (Å²) in [6.45, 7) is 1.10. The zero-order valence-electron chi connectivity index (χ0n) is 19.0. The Kier molecular flexibility index (Phi) is 6.38. The monoisotopic (exact) mass is 478 g/mol. The van der Waals surface area contributed by atoms with E-state index in [9.17, 15) is 10.1 Å². The van der Waals surface area contributed by atoms with Crippen molar-refractivity contribution in [1.29, 1.82) is 5.26 Å². The fourth-order valence-electron chi connectivity index (χ4n) is 4.36. The summed E-state index contributed by atoms with van der Waals surface area (Å²) in [5.74, 6) is -0.373. The van der Waals surface area contributed by atoms with Gasteiger partial charge >= 0.3 is 0 Å². The number of hydrogen-bond donors (Lipinski definition) is 2. The molecule has 5 rings (SSSR count). The molecule has 1 amide bonds. The summed E-state index contributed by atoms with van der Waals surface area (Å²) in [6, 6.07) is 25.9. The number of benzene rings is 3. The number of aromatic amines is 1. The predicted molar refractivity (Wildman–Crippen MR) is 141 cm³/mol. The number of nitrogens with zero attached hydrogens (tertiary/aromatic N) is 2. The van der Waals surface area contributed by atoms with Crippen LogP contribution in [-0.4, -0.2) is 22.0 Å². The van der Waals surface area contributed by atoms with Gasteiger partial charge in [0.1, 0.15) is 11.6 Å². The topological polar surface area (TPSA) is 73.6 Å². The fraction of sp³-hybridized carbons (Fsp3) is 0.103. The number of carbonyl (C=O) groups is 1. The van der Waals surface area contributed by atoms with Gasteiger partial charge in [0.2, 0.25) is 0 Å². The molecule has 5 nitrogen and oxygen atoms in total. The van der Waals surface area contributed by atoms with Crippen LogP contribution in [0.25, 0.3) is 27.9 Å². The van der Waals surface area contributed by atoms with Crippen molar-refractivity contribution in [1.82, 2.24) is 14.9 Å². The number of nitrogens with one attached hydrogen (secondary N) is 2. The first-order valence-corrected chi connectivity index (χ1v) is 11.8. The minimum absolute atomic E-state index is 0.0818. The van der Waals surface area contributed by atoms with Crippen LogP contribution in [0.1, 0.15) is 16.7 Å². The van der Waals surface area contributed by atoms with Gasteiger partial charge in [-0.1, -0.05) is 60.1 Å². The van der Waals surface area contributed by atoms with Crippen LogP contribution in [0.3, 0.4) is 0 Å². The van der Waals surface area contributed by atoms with Crippen LogP contribution in [0.4, 0.5) is 0 Å². The molecule has 5 aromatic rings. The molecule has 172 valence electrons. The van der Waals surface area contributed by atoms with Gasteiger partial charge in [-0.15, -0.1) is 0 Å². The van der Waals surface area contributed by atoms with Crippen molar-refractivity contribution >= 4 is 45.4 Å². The number of rotatable bonds is 7. The van der Waals surface area contributed by atoms with Crippen LogP contribution in [0, 0.1) is 11.3 Å². The standard InChI is InChI=1S/C29H23ClN4O/c30-24-11-9-20(10-12-24)18-34-19-23(26-6-2-4-8-28(26)34)15-22(16-31)29(35)32-14-13-21-17-33-27-7-3-1-5-25(21)27/h1-12,15,17,19,33H,13-14,18H2,(H,32,35)/b22-15-. The molecule has 0 saturated carbocycles. The minimum Gasteiger partial charge on any atom is -0.361 e. The molecule has 0 saturated heterocycles. The van der Waals surface area contributed by atoms with Crippen LogP contribution < -0.4 is 5.32 Å². The normalized spacial score (nSPS) is 11.6. The van der Waals surface area contributed by atoms with E-state index >= 15 is 0 Å². The van der Waals surface area contributed by atoms with Crippen molar-refractivity contribution in [2.45, 2.75) is 13.0 Å². The first-order valence-electron chi connectivity index (χ1n) is 11.4. The van der Waals surface area contributed by atoms with E-state index in [-0.39, 0.29) is 11.5 Å². The molecule has 0 atom stereocenters. The van der Waals surface area contributed by atoms with Gasteiger partial charge in [-0.05, 0) is 47.9 Å². The molecule has 0 bridgehead atoms. The van der Waals surface area contributed by atoms with Crippen LogP contribution in [0.5, 0.6) is 0 Å². The second kappa shape index (κ2) is 9.92. The highest BCUT2D eigenvalue weighted by Crippen LogP contribution is 2.25. The summed E-state index contributed by atoms with van der Waals surface area (Å²) in [5, 5.41) is 15.4. The molecular weight excluding hydrogens is 456 g/mol. The maximum absolute atomic E-state index is 12.8. The van der Waals surface area contributed by atoms with E-state index < -0.39 is 0 Å². The molecular formula is C29H23ClN4O. The summed E-state index contributed by atoms with van der Waals surface area (Å²) in [6.07, 6.45) is 6.29. The Morgan fingerprint density at radius 3 is 2.57 bits per heavy atom. The second-order valence-corrected chi connectivity index (χ2v) is 8.83. The van der Waals surface area contributed by atoms with E-state index in [2.05, 4.69) is 27.0 Å². The molecule has 0 spiro atoms. The van der Waals surface area contributed by atoms with Crippen molar-refractivity contribution in [3.05, 3.63) is 112 Å². The Labute approximate surface area is 208 Å². The van der Waals surface area contributed by atoms with Gasteiger partial charge in [0.25, 0.3) is 5.91 Å². The van der Waals surface area contributed by atoms with Gasteiger partial charge in [0.15, 0.2) is 0 Å². The molecule has 2 aromatic heterocycles. The zero-order chi connectivity index (χ0) is 24.2. The van der Waals surface area contributed by atoms with E-state index in [1.54, 1.807) is 6.08 Å². The summed E-state index contributed by atoms with van der Waals surface area (Å²) < 4.78 is 2.12. The Hall–Kier alpha value is -4.27. The van der Waals surface area contributed by atoms with Crippen LogP contribution in [0.2, 0.25) is 5.02 Å². The third-order valence-electron chi connectivity index (χ3n) is 6.11. The molecule has 35 heavy (non-hydrogen) atoms. The lowest BCUT2D eigenvalue weighted by Gasteiger charge is -2.05. The first-order chi connectivity index (χ1) is 17.1. The molecule has 3 aromatic carbocycles. The number of aromatic nitrogens is 2. The number of fused-ring (bicyclic) bond motifs is 2. The summed E-state index contributed by atoms with van der Waals surface area (Å²) in [5.41, 5.74) is 5.26. The third-order valence-corrected chi connectivity index (χ3v) is 6.36. The molecule has 0 aliphatic rings. The number of hydrogen-bond acceptors (Lipinski definition) is 2. The number of H-pyrrole nitrogens is 1. The lowest BCUT2D eigenvalue weighted by Crippen LogP contribution is -2.26. The van der Waals surface area contributed by atoms with Gasteiger partial charge in [0.05, 0.1) is 0 Å². The molecule has 6 heteroatoms. The number of amides is 1. The quantitative estimate of drug-likeness (QED) is 0.219. The molecule has 0 fully saturated rings. The van der Waals surface area contributed by atoms with Crippen LogP contribution >= 0.6 is 11.6 Å². The highest BCUT2D eigenvalue weighted by atomic mass is 35.5. The number of para-hydroxylation sites is 2. The lowest BCUT2D eigenvalue weighted by atomic mass is 10.1. The Morgan fingerprint density at radius 1 is 1.03 bits per heavy atom. The summed E-state index contributed by atoms with van der Waals surface area (Å²) >= 11 is 6.02. The van der Waals surface area contributed by atoms with Crippen molar-refractivity contribution < 1.29 is 4.79 Å². The summed E-state index contributed by atoms with van der Waals surface area (Å²) in [4.78, 5) is 16.1. The number of carbonyl (C=O) groups excluding carboxylic acids is 1. The second-order valence-electron chi connectivity index (χ2n) is 8.39. The first kappa shape index (κ1) is 22.5. The van der Waals surface area contributed by atoms with Crippen molar-refractivity contribution in [2.24, 2.45) is 0 Å². The Morgan fingerprint density at radius 2 is 1.77 bits per heavy atom. The molecule has 0 radical (unpaired) electrons. The molecule has 0 aliphatic carbocycles. The van der Waals surface area contributed by atoms with Crippen LogP contribution in [-0.2, 0) is 17.8 Å². The maximum atomic E-state index is 12.8. The van der Waals surface area contributed by atoms with E-state index in [1.165, 1.54) is 0 Å². The fourth-order valence-corrected chi connectivity index (χ4v) is 4.48. The number of halogens is 1. The molecule has 0 unspecified atom stereocenters.